The van der Waals surface area contributed by atoms with Gasteiger partial charge in [0.15, 0.2) is 0 Å². The number of aryl methyl sites for hydroxylation is 1. The number of benzene rings is 1. The standard InChI is InChI=1S/C25H27N5O3/c1-15-23-20(17-12-16-4-2-3-5-21(16)27-14-17)13-22(32)30(24(23)29-25(26)28-15)18-6-8-19(9-7-18)33-11-10-31/h2-5,12-14,18-19,31H,6-11H2,1H3,(H2,26,28,29). The molecule has 0 spiro atoms. The summed E-state index contributed by atoms with van der Waals surface area (Å²) in [4.78, 5) is 27.0. The molecule has 4 aromatic rings. The van der Waals surface area contributed by atoms with Crippen molar-refractivity contribution in [3.05, 3.63) is 58.6 Å². The van der Waals surface area contributed by atoms with Gasteiger partial charge in [-0.15, -0.1) is 0 Å². The van der Waals surface area contributed by atoms with Gasteiger partial charge in [0.2, 0.25) is 5.95 Å². The largest absolute Gasteiger partial charge is 0.394 e. The van der Waals surface area contributed by atoms with Crippen LogP contribution in [0.5, 0.6) is 0 Å². The summed E-state index contributed by atoms with van der Waals surface area (Å²) in [6.07, 6.45) is 5.15. The zero-order chi connectivity index (χ0) is 22.9. The Labute approximate surface area is 191 Å². The van der Waals surface area contributed by atoms with Crippen molar-refractivity contribution < 1.29 is 9.84 Å². The molecule has 3 heterocycles. The lowest BCUT2D eigenvalue weighted by atomic mass is 9.92. The summed E-state index contributed by atoms with van der Waals surface area (Å²) < 4.78 is 7.47. The van der Waals surface area contributed by atoms with Gasteiger partial charge in [0.25, 0.3) is 5.56 Å². The van der Waals surface area contributed by atoms with Crippen LogP contribution in [0, 0.1) is 6.92 Å². The Morgan fingerprint density at radius 1 is 1.15 bits per heavy atom. The second kappa shape index (κ2) is 8.88. The van der Waals surface area contributed by atoms with E-state index in [0.717, 1.165) is 58.8 Å². The number of nitrogen functional groups attached to an aromatic ring is 1. The quantitative estimate of drug-likeness (QED) is 0.484. The highest BCUT2D eigenvalue weighted by Crippen LogP contribution is 2.35. The topological polar surface area (TPSA) is 116 Å². The van der Waals surface area contributed by atoms with Crippen LogP contribution < -0.4 is 11.3 Å². The van der Waals surface area contributed by atoms with Crippen LogP contribution in [0.1, 0.15) is 37.4 Å². The molecule has 1 aliphatic rings. The summed E-state index contributed by atoms with van der Waals surface area (Å²) in [5, 5.41) is 10.8. The smallest absolute Gasteiger partial charge is 0.253 e. The third kappa shape index (κ3) is 4.07. The lowest BCUT2D eigenvalue weighted by Gasteiger charge is -2.30. The number of para-hydroxylation sites is 1. The molecule has 3 N–H and O–H groups in total. The molecule has 8 nitrogen and oxygen atoms in total. The Balaban J connectivity index is 1.63. The summed E-state index contributed by atoms with van der Waals surface area (Å²) in [5.41, 5.74) is 9.72. The van der Waals surface area contributed by atoms with E-state index in [4.69, 9.17) is 15.6 Å². The molecule has 0 bridgehead atoms. The van der Waals surface area contributed by atoms with Crippen LogP contribution in [-0.2, 0) is 4.74 Å². The van der Waals surface area contributed by atoms with E-state index in [1.807, 2.05) is 37.3 Å². The third-order valence-corrected chi connectivity index (χ3v) is 6.45. The van der Waals surface area contributed by atoms with Crippen molar-refractivity contribution in [3.8, 4) is 11.1 Å². The number of hydrogen-bond acceptors (Lipinski definition) is 7. The molecule has 0 atom stereocenters. The van der Waals surface area contributed by atoms with E-state index in [-0.39, 0.29) is 30.3 Å². The van der Waals surface area contributed by atoms with Crippen molar-refractivity contribution in [2.75, 3.05) is 18.9 Å². The molecule has 3 aromatic heterocycles. The van der Waals surface area contributed by atoms with Gasteiger partial charge in [0.05, 0.1) is 30.5 Å². The van der Waals surface area contributed by atoms with Crippen molar-refractivity contribution in [1.29, 1.82) is 0 Å². The highest BCUT2D eigenvalue weighted by Gasteiger charge is 2.26. The van der Waals surface area contributed by atoms with Gasteiger partial charge in [-0.05, 0) is 44.7 Å². The maximum absolute atomic E-state index is 13.4. The van der Waals surface area contributed by atoms with Gasteiger partial charge in [-0.3, -0.25) is 14.3 Å². The van der Waals surface area contributed by atoms with Crippen molar-refractivity contribution in [3.63, 3.8) is 0 Å². The van der Waals surface area contributed by atoms with E-state index in [2.05, 4.69) is 15.0 Å². The maximum Gasteiger partial charge on any atom is 0.253 e. The number of hydrogen-bond donors (Lipinski definition) is 2. The zero-order valence-electron chi connectivity index (χ0n) is 18.6. The first-order valence-electron chi connectivity index (χ1n) is 11.3. The minimum atomic E-state index is -0.108. The fourth-order valence-electron chi connectivity index (χ4n) is 4.93. The van der Waals surface area contributed by atoms with Crippen LogP contribution >= 0.6 is 0 Å². The fourth-order valence-corrected chi connectivity index (χ4v) is 4.93. The first-order valence-corrected chi connectivity index (χ1v) is 11.3. The van der Waals surface area contributed by atoms with Crippen LogP contribution in [0.4, 0.5) is 5.95 Å². The third-order valence-electron chi connectivity index (χ3n) is 6.45. The molecule has 8 heteroatoms. The molecule has 1 fully saturated rings. The average molecular weight is 446 g/mol. The number of aromatic nitrogens is 4. The summed E-state index contributed by atoms with van der Waals surface area (Å²) in [5.74, 6) is 0.155. The number of fused-ring (bicyclic) bond motifs is 2. The molecular formula is C25H27N5O3. The predicted molar refractivity (Wildman–Crippen MR) is 128 cm³/mol. The minimum Gasteiger partial charge on any atom is -0.394 e. The monoisotopic (exact) mass is 445 g/mol. The number of pyridine rings is 2. The maximum atomic E-state index is 13.4. The van der Waals surface area contributed by atoms with Gasteiger partial charge >= 0.3 is 0 Å². The van der Waals surface area contributed by atoms with E-state index in [1.165, 1.54) is 0 Å². The minimum absolute atomic E-state index is 0.00598. The molecule has 1 aliphatic carbocycles. The summed E-state index contributed by atoms with van der Waals surface area (Å²) in [6.45, 7) is 2.26. The van der Waals surface area contributed by atoms with Gasteiger partial charge in [0.1, 0.15) is 5.65 Å². The summed E-state index contributed by atoms with van der Waals surface area (Å²) in [6, 6.07) is 11.6. The van der Waals surface area contributed by atoms with Gasteiger partial charge in [0, 0.05) is 40.2 Å². The molecule has 33 heavy (non-hydrogen) atoms. The van der Waals surface area contributed by atoms with Crippen molar-refractivity contribution >= 4 is 27.9 Å². The SMILES string of the molecule is Cc1nc(N)nc2c1c(-c1cnc3ccccc3c1)cc(=O)n2C1CCC(OCCO)CC1. The molecule has 0 saturated heterocycles. The van der Waals surface area contributed by atoms with Crippen LogP contribution in [0.2, 0.25) is 0 Å². The fraction of sp³-hybridized carbons (Fsp3) is 0.360. The number of anilines is 1. The Morgan fingerprint density at radius 2 is 1.94 bits per heavy atom. The molecule has 170 valence electrons. The first kappa shape index (κ1) is 21.5. The van der Waals surface area contributed by atoms with Gasteiger partial charge in [-0.1, -0.05) is 18.2 Å². The van der Waals surface area contributed by atoms with E-state index < -0.39 is 0 Å². The van der Waals surface area contributed by atoms with E-state index >= 15 is 0 Å². The van der Waals surface area contributed by atoms with E-state index in [9.17, 15) is 4.79 Å². The Kier molecular flexibility index (Phi) is 5.78. The van der Waals surface area contributed by atoms with E-state index in [0.29, 0.717) is 12.3 Å². The molecular weight excluding hydrogens is 418 g/mol. The van der Waals surface area contributed by atoms with Crippen LogP contribution in [0.25, 0.3) is 33.1 Å². The summed E-state index contributed by atoms with van der Waals surface area (Å²) >= 11 is 0. The van der Waals surface area contributed by atoms with E-state index in [1.54, 1.807) is 16.8 Å². The van der Waals surface area contributed by atoms with Crippen LogP contribution in [0.15, 0.2) is 47.4 Å². The van der Waals surface area contributed by atoms with Crippen molar-refractivity contribution in [1.82, 2.24) is 19.5 Å². The highest BCUT2D eigenvalue weighted by atomic mass is 16.5. The normalized spacial score (nSPS) is 18.7. The van der Waals surface area contributed by atoms with Gasteiger partial charge in [-0.25, -0.2) is 4.98 Å². The molecule has 0 amide bonds. The number of nitrogens with two attached hydrogens (primary N) is 1. The molecule has 1 aromatic carbocycles. The Hall–Kier alpha value is -3.36. The number of aliphatic hydroxyl groups excluding tert-OH is 1. The van der Waals surface area contributed by atoms with Gasteiger partial charge in [-0.2, -0.15) is 4.98 Å². The lowest BCUT2D eigenvalue weighted by molar-refractivity contribution is 0.00168. The second-order valence-electron chi connectivity index (χ2n) is 8.57. The highest BCUT2D eigenvalue weighted by molar-refractivity contribution is 5.96. The Bertz CT molecular complexity index is 1380. The lowest BCUT2D eigenvalue weighted by Crippen LogP contribution is -2.31. The average Bonchev–Trinajstić information content (AvgIpc) is 2.82. The van der Waals surface area contributed by atoms with Crippen molar-refractivity contribution in [2.45, 2.75) is 44.8 Å². The number of nitrogens with zero attached hydrogens (tertiary/aromatic N) is 4. The molecule has 0 aliphatic heterocycles. The first-order chi connectivity index (χ1) is 16.0. The molecule has 0 radical (unpaired) electrons. The Morgan fingerprint density at radius 3 is 2.73 bits per heavy atom. The zero-order valence-corrected chi connectivity index (χ0v) is 18.6. The second-order valence-corrected chi connectivity index (χ2v) is 8.57. The summed E-state index contributed by atoms with van der Waals surface area (Å²) in [7, 11) is 0. The number of aliphatic hydroxyl groups is 1. The van der Waals surface area contributed by atoms with Crippen molar-refractivity contribution in [2.24, 2.45) is 0 Å². The molecule has 1 saturated carbocycles. The predicted octanol–water partition coefficient (Wildman–Crippen LogP) is 3.39. The molecule has 5 rings (SSSR count). The van der Waals surface area contributed by atoms with Crippen LogP contribution in [0.3, 0.4) is 0 Å². The number of rotatable bonds is 5. The van der Waals surface area contributed by atoms with Crippen LogP contribution in [-0.4, -0.2) is 43.9 Å². The molecule has 0 unspecified atom stereocenters. The number of ether oxygens (including phenoxy) is 1. The van der Waals surface area contributed by atoms with Gasteiger partial charge < -0.3 is 15.6 Å².